The van der Waals surface area contributed by atoms with Crippen molar-refractivity contribution >= 4 is 39.2 Å². The van der Waals surface area contributed by atoms with Crippen LogP contribution < -0.4 is 0 Å². The van der Waals surface area contributed by atoms with Crippen LogP contribution in [0.5, 0.6) is 0 Å². The number of hydrogen-bond donors (Lipinski definition) is 0. The molecule has 4 heteroatoms. The molecule has 0 heterocycles. The van der Waals surface area contributed by atoms with Gasteiger partial charge in [0.25, 0.3) is 0 Å². The maximum Gasteiger partial charge on any atom is 0.338 e. The van der Waals surface area contributed by atoms with Crippen molar-refractivity contribution in [2.24, 2.45) is 0 Å². The highest BCUT2D eigenvalue weighted by Gasteiger charge is 2.14. The third-order valence-electron chi connectivity index (χ3n) is 2.09. The van der Waals surface area contributed by atoms with Crippen molar-refractivity contribution in [1.29, 1.82) is 0 Å². The van der Waals surface area contributed by atoms with Crippen LogP contribution in [0.1, 0.15) is 11.1 Å². The summed E-state index contributed by atoms with van der Waals surface area (Å²) in [6.45, 7) is 0. The summed E-state index contributed by atoms with van der Waals surface area (Å²) in [5, 5.41) is 2.53. The maximum absolute atomic E-state index is 11.7. The summed E-state index contributed by atoms with van der Waals surface area (Å²) in [4.78, 5) is 11.7. The molecule has 0 aromatic heterocycles. The van der Waals surface area contributed by atoms with Gasteiger partial charge < -0.3 is 4.74 Å². The van der Waals surface area contributed by atoms with E-state index in [4.69, 9.17) is 4.74 Å². The van der Waals surface area contributed by atoms with Gasteiger partial charge in [-0.2, -0.15) is 0 Å². The first-order chi connectivity index (χ1) is 7.74. The van der Waals surface area contributed by atoms with Crippen molar-refractivity contribution in [1.82, 2.24) is 0 Å². The van der Waals surface area contributed by atoms with Crippen molar-refractivity contribution < 1.29 is 9.53 Å². The number of rotatable bonds is 4. The number of thioether (sulfide) groups is 1. The SMILES string of the molecule is COC(=O)/C(=C\SC)c1ccccc1CBr. The molecule has 0 aliphatic rings. The average Bonchev–Trinajstić information content (AvgIpc) is 2.35. The summed E-state index contributed by atoms with van der Waals surface area (Å²) < 4.78 is 4.78. The molecule has 0 N–H and O–H groups in total. The number of hydrogen-bond acceptors (Lipinski definition) is 3. The lowest BCUT2D eigenvalue weighted by Crippen LogP contribution is -2.05. The lowest BCUT2D eigenvalue weighted by atomic mass is 10.0. The molecule has 86 valence electrons. The lowest BCUT2D eigenvalue weighted by molar-refractivity contribution is -0.133. The van der Waals surface area contributed by atoms with E-state index in [1.54, 1.807) is 0 Å². The fourth-order valence-electron chi connectivity index (χ4n) is 1.35. The first kappa shape index (κ1) is 13.3. The second kappa shape index (κ2) is 6.76. The molecule has 16 heavy (non-hydrogen) atoms. The Bertz CT molecular complexity index is 402. The van der Waals surface area contributed by atoms with Gasteiger partial charge in [-0.25, -0.2) is 4.79 Å². The Hall–Kier alpha value is -0.740. The van der Waals surface area contributed by atoms with E-state index in [2.05, 4.69) is 15.9 Å². The molecular weight excluding hydrogens is 288 g/mol. The van der Waals surface area contributed by atoms with E-state index in [0.717, 1.165) is 11.1 Å². The minimum Gasteiger partial charge on any atom is -0.465 e. The lowest BCUT2D eigenvalue weighted by Gasteiger charge is -2.09. The van der Waals surface area contributed by atoms with Crippen LogP contribution in [0, 0.1) is 0 Å². The molecule has 0 saturated carbocycles. The Labute approximate surface area is 108 Å². The quantitative estimate of drug-likeness (QED) is 0.484. The first-order valence-electron chi connectivity index (χ1n) is 4.70. The van der Waals surface area contributed by atoms with Crippen LogP contribution >= 0.6 is 27.7 Å². The van der Waals surface area contributed by atoms with E-state index in [1.165, 1.54) is 18.9 Å². The summed E-state index contributed by atoms with van der Waals surface area (Å²) in [6.07, 6.45) is 1.92. The number of esters is 1. The molecule has 0 radical (unpaired) electrons. The van der Waals surface area contributed by atoms with Gasteiger partial charge in [-0.1, -0.05) is 40.2 Å². The average molecular weight is 301 g/mol. The molecule has 0 spiro atoms. The molecule has 0 amide bonds. The van der Waals surface area contributed by atoms with Crippen LogP contribution in [0.2, 0.25) is 0 Å². The van der Waals surface area contributed by atoms with Gasteiger partial charge in [-0.15, -0.1) is 11.8 Å². The highest BCUT2D eigenvalue weighted by molar-refractivity contribution is 9.08. The molecule has 1 aromatic rings. The highest BCUT2D eigenvalue weighted by Crippen LogP contribution is 2.24. The van der Waals surface area contributed by atoms with E-state index in [0.29, 0.717) is 10.9 Å². The Balaban J connectivity index is 3.21. The van der Waals surface area contributed by atoms with E-state index < -0.39 is 0 Å². The highest BCUT2D eigenvalue weighted by atomic mass is 79.9. The molecule has 1 aromatic carbocycles. The van der Waals surface area contributed by atoms with Gasteiger partial charge in [0.15, 0.2) is 0 Å². The molecule has 0 aliphatic carbocycles. The molecule has 0 fully saturated rings. The van der Waals surface area contributed by atoms with E-state index in [1.807, 2.05) is 35.9 Å². The van der Waals surface area contributed by atoms with E-state index >= 15 is 0 Å². The van der Waals surface area contributed by atoms with Crippen molar-refractivity contribution in [3.8, 4) is 0 Å². The zero-order valence-electron chi connectivity index (χ0n) is 9.20. The second-order valence-electron chi connectivity index (χ2n) is 3.05. The Kier molecular flexibility index (Phi) is 5.63. The second-order valence-corrected chi connectivity index (χ2v) is 4.32. The van der Waals surface area contributed by atoms with Gasteiger partial charge >= 0.3 is 5.97 Å². The van der Waals surface area contributed by atoms with Crippen molar-refractivity contribution in [3.63, 3.8) is 0 Å². The van der Waals surface area contributed by atoms with Crippen LogP contribution in [0.25, 0.3) is 5.57 Å². The van der Waals surface area contributed by atoms with Gasteiger partial charge in [-0.3, -0.25) is 0 Å². The van der Waals surface area contributed by atoms with Gasteiger partial charge in [0.05, 0.1) is 12.7 Å². The number of alkyl halides is 1. The fraction of sp³-hybridized carbons (Fsp3) is 0.250. The first-order valence-corrected chi connectivity index (χ1v) is 7.11. The van der Waals surface area contributed by atoms with Crippen LogP contribution in [-0.4, -0.2) is 19.3 Å². The third kappa shape index (κ3) is 3.12. The number of halogens is 1. The van der Waals surface area contributed by atoms with Crippen molar-refractivity contribution in [3.05, 3.63) is 40.8 Å². The summed E-state index contributed by atoms with van der Waals surface area (Å²) in [5.41, 5.74) is 2.60. The van der Waals surface area contributed by atoms with Crippen LogP contribution in [-0.2, 0) is 14.9 Å². The number of methoxy groups -OCH3 is 1. The predicted octanol–water partition coefficient (Wildman–Crippen LogP) is 3.46. The number of ether oxygens (including phenoxy) is 1. The van der Waals surface area contributed by atoms with Gasteiger partial charge in [0.2, 0.25) is 0 Å². The normalized spacial score (nSPS) is 11.3. The molecular formula is C12H13BrO2S. The minimum absolute atomic E-state index is 0.303. The van der Waals surface area contributed by atoms with Crippen LogP contribution in [0.15, 0.2) is 29.7 Å². The monoisotopic (exact) mass is 300 g/mol. The number of benzene rings is 1. The van der Waals surface area contributed by atoms with E-state index in [9.17, 15) is 4.79 Å². The van der Waals surface area contributed by atoms with E-state index in [-0.39, 0.29) is 5.97 Å². The third-order valence-corrected chi connectivity index (χ3v) is 3.17. The standard InChI is InChI=1S/C12H13BrO2S/c1-15-12(14)11(8-16-2)10-6-4-3-5-9(10)7-13/h3-6,8H,7H2,1-2H3/b11-8-. The zero-order chi connectivity index (χ0) is 12.0. The minimum atomic E-state index is -0.303. The van der Waals surface area contributed by atoms with Gasteiger partial charge in [0, 0.05) is 5.33 Å². The summed E-state index contributed by atoms with van der Waals surface area (Å²) in [5.74, 6) is -0.303. The predicted molar refractivity (Wildman–Crippen MR) is 72.6 cm³/mol. The maximum atomic E-state index is 11.7. The smallest absolute Gasteiger partial charge is 0.338 e. The number of carbonyl (C=O) groups is 1. The number of carbonyl (C=O) groups excluding carboxylic acids is 1. The van der Waals surface area contributed by atoms with Crippen LogP contribution in [0.4, 0.5) is 0 Å². The Morgan fingerprint density at radius 2 is 2.19 bits per heavy atom. The molecule has 0 saturated heterocycles. The topological polar surface area (TPSA) is 26.3 Å². The van der Waals surface area contributed by atoms with Gasteiger partial charge in [-0.05, 0) is 22.8 Å². The molecule has 0 aliphatic heterocycles. The summed E-state index contributed by atoms with van der Waals surface area (Å²) in [6, 6.07) is 7.78. The largest absolute Gasteiger partial charge is 0.465 e. The molecule has 1 rings (SSSR count). The van der Waals surface area contributed by atoms with Crippen molar-refractivity contribution in [2.75, 3.05) is 13.4 Å². The Morgan fingerprint density at radius 1 is 1.50 bits per heavy atom. The molecule has 0 atom stereocenters. The summed E-state index contributed by atoms with van der Waals surface area (Å²) >= 11 is 4.90. The Morgan fingerprint density at radius 3 is 2.75 bits per heavy atom. The van der Waals surface area contributed by atoms with Crippen LogP contribution in [0.3, 0.4) is 0 Å². The fourth-order valence-corrected chi connectivity index (χ4v) is 2.30. The molecule has 0 unspecified atom stereocenters. The molecule has 0 bridgehead atoms. The van der Waals surface area contributed by atoms with Gasteiger partial charge in [0.1, 0.15) is 0 Å². The molecule has 2 nitrogen and oxygen atoms in total. The zero-order valence-corrected chi connectivity index (χ0v) is 11.6. The van der Waals surface area contributed by atoms with Crippen molar-refractivity contribution in [2.45, 2.75) is 5.33 Å². The summed E-state index contributed by atoms with van der Waals surface area (Å²) in [7, 11) is 1.40.